The number of furan rings is 1. The van der Waals surface area contributed by atoms with E-state index in [1.54, 1.807) is 23.3 Å². The summed E-state index contributed by atoms with van der Waals surface area (Å²) >= 11 is 0. The third-order valence-electron chi connectivity index (χ3n) is 6.69. The maximum Gasteiger partial charge on any atom is 0.247 e. The molecule has 0 fully saturated rings. The first-order valence-corrected chi connectivity index (χ1v) is 12.0. The average molecular weight is 489 g/mol. The Kier molecular flexibility index (Phi) is 6.88. The normalized spacial score (nSPS) is 22.1. The van der Waals surface area contributed by atoms with Gasteiger partial charge < -0.3 is 29.6 Å². The van der Waals surface area contributed by atoms with E-state index in [0.717, 1.165) is 16.7 Å². The topological polar surface area (TPSA) is 112 Å². The summed E-state index contributed by atoms with van der Waals surface area (Å²) < 4.78 is 11.4. The van der Waals surface area contributed by atoms with E-state index in [4.69, 9.17) is 9.15 Å². The molecule has 0 bridgehead atoms. The maximum absolute atomic E-state index is 13.6. The number of benzene rings is 2. The van der Waals surface area contributed by atoms with Gasteiger partial charge >= 0.3 is 0 Å². The van der Waals surface area contributed by atoms with Gasteiger partial charge in [0.25, 0.3) is 0 Å². The fraction of sp³-hybridized carbons (Fsp3) is 0.286. The van der Waals surface area contributed by atoms with Crippen molar-refractivity contribution in [2.75, 3.05) is 13.2 Å². The number of ether oxygens (including phenoxy) is 1. The molecule has 0 saturated heterocycles. The van der Waals surface area contributed by atoms with Gasteiger partial charge in [0, 0.05) is 29.8 Å². The molecule has 4 atom stereocenters. The monoisotopic (exact) mass is 488 g/mol. The van der Waals surface area contributed by atoms with Crippen molar-refractivity contribution in [3.63, 3.8) is 0 Å². The Labute approximate surface area is 208 Å². The molecule has 2 aromatic carbocycles. The van der Waals surface area contributed by atoms with Gasteiger partial charge in [0.1, 0.15) is 18.0 Å². The summed E-state index contributed by atoms with van der Waals surface area (Å²) in [4.78, 5) is 28.4. The Morgan fingerprint density at radius 3 is 2.53 bits per heavy atom. The molecule has 2 amide bonds. The average Bonchev–Trinajstić information content (AvgIpc) is 3.55. The van der Waals surface area contributed by atoms with Crippen molar-refractivity contribution in [3.8, 4) is 5.75 Å². The summed E-state index contributed by atoms with van der Waals surface area (Å²) in [6, 6.07) is 17.7. The fourth-order valence-electron chi connectivity index (χ4n) is 5.00. The first kappa shape index (κ1) is 23.8. The Morgan fingerprint density at radius 2 is 1.78 bits per heavy atom. The van der Waals surface area contributed by atoms with Crippen LogP contribution >= 0.6 is 0 Å². The van der Waals surface area contributed by atoms with Crippen LogP contribution in [0.25, 0.3) is 0 Å². The van der Waals surface area contributed by atoms with Gasteiger partial charge in [-0.05, 0) is 23.8 Å². The zero-order valence-corrected chi connectivity index (χ0v) is 19.6. The van der Waals surface area contributed by atoms with Crippen molar-refractivity contribution in [1.29, 1.82) is 0 Å². The van der Waals surface area contributed by atoms with Gasteiger partial charge in [-0.15, -0.1) is 0 Å². The Bertz CT molecular complexity index is 1240. The summed E-state index contributed by atoms with van der Waals surface area (Å²) in [6.07, 6.45) is 3.07. The number of carbonyl (C=O) groups is 2. The first-order chi connectivity index (χ1) is 17.6. The minimum absolute atomic E-state index is 0.0922. The van der Waals surface area contributed by atoms with Crippen molar-refractivity contribution < 1.29 is 29.0 Å². The van der Waals surface area contributed by atoms with Gasteiger partial charge in [0.15, 0.2) is 0 Å². The quantitative estimate of drug-likeness (QED) is 0.448. The van der Waals surface area contributed by atoms with Crippen LogP contribution < -0.4 is 10.1 Å². The lowest BCUT2D eigenvalue weighted by Crippen LogP contribution is -2.55. The molecule has 36 heavy (non-hydrogen) atoms. The van der Waals surface area contributed by atoms with Gasteiger partial charge in [0.2, 0.25) is 11.8 Å². The third-order valence-corrected chi connectivity index (χ3v) is 6.69. The molecule has 0 unspecified atom stereocenters. The molecule has 8 heteroatoms. The molecule has 186 valence electrons. The van der Waals surface area contributed by atoms with Crippen molar-refractivity contribution in [3.05, 3.63) is 102 Å². The summed E-state index contributed by atoms with van der Waals surface area (Å²) in [5.74, 6) is -0.460. The highest BCUT2D eigenvalue weighted by Crippen LogP contribution is 2.47. The van der Waals surface area contributed by atoms with E-state index < -0.39 is 24.2 Å². The number of carbonyl (C=O) groups excluding carboxylic acids is 2. The number of nitrogens with one attached hydrogen (secondary N) is 1. The number of hydrogen-bond donors (Lipinski definition) is 3. The van der Waals surface area contributed by atoms with Gasteiger partial charge in [-0.25, -0.2) is 0 Å². The summed E-state index contributed by atoms with van der Waals surface area (Å²) in [5.41, 5.74) is 2.82. The van der Waals surface area contributed by atoms with Gasteiger partial charge in [-0.1, -0.05) is 48.5 Å². The molecule has 3 aromatic rings. The van der Waals surface area contributed by atoms with Crippen molar-refractivity contribution >= 4 is 11.8 Å². The smallest absolute Gasteiger partial charge is 0.247 e. The van der Waals surface area contributed by atoms with E-state index in [9.17, 15) is 19.8 Å². The lowest BCUT2D eigenvalue weighted by molar-refractivity contribution is -0.137. The minimum atomic E-state index is -1.08. The predicted octanol–water partition coefficient (Wildman–Crippen LogP) is 2.17. The summed E-state index contributed by atoms with van der Waals surface area (Å²) in [7, 11) is 0. The largest absolute Gasteiger partial charge is 0.486 e. The molecular formula is C28H28N2O6. The molecule has 1 aliphatic carbocycles. The second kappa shape index (κ2) is 10.4. The highest BCUT2D eigenvalue weighted by atomic mass is 16.5. The Morgan fingerprint density at radius 1 is 1.00 bits per heavy atom. The van der Waals surface area contributed by atoms with Gasteiger partial charge in [0.05, 0.1) is 37.5 Å². The Hall–Kier alpha value is -3.88. The fourth-order valence-corrected chi connectivity index (χ4v) is 5.00. The van der Waals surface area contributed by atoms with Gasteiger partial charge in [-0.3, -0.25) is 9.59 Å². The third kappa shape index (κ3) is 4.65. The van der Waals surface area contributed by atoms with Crippen LogP contribution in [0.2, 0.25) is 0 Å². The van der Waals surface area contributed by atoms with E-state index in [1.165, 1.54) is 6.26 Å². The Balaban J connectivity index is 1.53. The molecule has 1 aromatic heterocycles. The van der Waals surface area contributed by atoms with Crippen LogP contribution in [-0.4, -0.2) is 58.3 Å². The number of para-hydroxylation sites is 1. The lowest BCUT2D eigenvalue weighted by Gasteiger charge is -2.40. The van der Waals surface area contributed by atoms with Crippen LogP contribution in [0.1, 0.15) is 22.6 Å². The van der Waals surface area contributed by atoms with Crippen LogP contribution in [0.3, 0.4) is 0 Å². The molecule has 3 N–H and O–H groups in total. The van der Waals surface area contributed by atoms with Crippen LogP contribution in [0.5, 0.6) is 5.75 Å². The van der Waals surface area contributed by atoms with E-state index in [2.05, 4.69) is 5.32 Å². The van der Waals surface area contributed by atoms with E-state index in [0.29, 0.717) is 11.3 Å². The van der Waals surface area contributed by atoms with E-state index >= 15 is 0 Å². The standard InChI is InChI=1S/C28H28N2O6/c31-12-11-29-28(34)21-15-22(26(33)27-25(21)20-8-4-5-9-23(20)36-27)30(16-19-10-13-35-17-19)24(32)14-18-6-2-1-3-7-18/h1-10,13,15,17,22,25-27,31,33H,11-12,14,16H2,(H,29,34)/t22-,25+,26+,27+/m1/s1. The number of nitrogens with zero attached hydrogens (tertiary/aromatic N) is 1. The van der Waals surface area contributed by atoms with Crippen LogP contribution in [0.15, 0.2) is 89.3 Å². The number of aliphatic hydroxyl groups is 2. The number of aliphatic hydroxyl groups excluding tert-OH is 2. The van der Waals surface area contributed by atoms with Gasteiger partial charge in [-0.2, -0.15) is 0 Å². The second-order valence-electron chi connectivity index (χ2n) is 9.00. The second-order valence-corrected chi connectivity index (χ2v) is 9.00. The molecule has 8 nitrogen and oxygen atoms in total. The van der Waals surface area contributed by atoms with Crippen LogP contribution in [0.4, 0.5) is 0 Å². The first-order valence-electron chi connectivity index (χ1n) is 12.0. The van der Waals surface area contributed by atoms with Crippen molar-refractivity contribution in [2.24, 2.45) is 0 Å². The van der Waals surface area contributed by atoms with E-state index in [1.807, 2.05) is 54.6 Å². The molecule has 1 aliphatic heterocycles. The highest BCUT2D eigenvalue weighted by molar-refractivity contribution is 5.96. The number of fused-ring (bicyclic) bond motifs is 3. The zero-order chi connectivity index (χ0) is 25.1. The van der Waals surface area contributed by atoms with Crippen LogP contribution in [0, 0.1) is 0 Å². The molecule has 2 heterocycles. The molecule has 2 aliphatic rings. The van der Waals surface area contributed by atoms with E-state index in [-0.39, 0.29) is 37.9 Å². The minimum Gasteiger partial charge on any atom is -0.486 e. The maximum atomic E-state index is 13.6. The number of hydrogen-bond acceptors (Lipinski definition) is 6. The summed E-state index contributed by atoms with van der Waals surface area (Å²) in [6.45, 7) is 0.0830. The molecule has 0 saturated carbocycles. The van der Waals surface area contributed by atoms with Crippen molar-refractivity contribution in [1.82, 2.24) is 10.2 Å². The summed E-state index contributed by atoms with van der Waals surface area (Å²) in [5, 5.41) is 23.5. The SMILES string of the molecule is O=C(NCCO)C1=C[C@@H](N(Cc2ccoc2)C(=O)Cc2ccccc2)[C@H](O)[C@H]2Oc3ccccc3[C@@H]12. The molecule has 5 rings (SSSR count). The lowest BCUT2D eigenvalue weighted by atomic mass is 9.77. The van der Waals surface area contributed by atoms with Crippen LogP contribution in [-0.2, 0) is 22.6 Å². The predicted molar refractivity (Wildman–Crippen MR) is 131 cm³/mol. The highest BCUT2D eigenvalue weighted by Gasteiger charge is 2.50. The molecule has 0 radical (unpaired) electrons. The number of amides is 2. The van der Waals surface area contributed by atoms with Crippen molar-refractivity contribution in [2.45, 2.75) is 37.1 Å². The zero-order valence-electron chi connectivity index (χ0n) is 19.6. The molecule has 0 spiro atoms. The number of rotatable bonds is 8. The molecular weight excluding hydrogens is 460 g/mol.